The molecule has 2 heterocycles. The van der Waals surface area contributed by atoms with Gasteiger partial charge in [-0.15, -0.1) is 16.8 Å². The fourth-order valence-corrected chi connectivity index (χ4v) is 3.35. The number of para-hydroxylation sites is 2. The summed E-state index contributed by atoms with van der Waals surface area (Å²) in [6.07, 6.45) is 3.34. The first kappa shape index (κ1) is 16.3. The summed E-state index contributed by atoms with van der Waals surface area (Å²) < 4.78 is 1.82. The van der Waals surface area contributed by atoms with Gasteiger partial charge in [-0.2, -0.15) is 0 Å². The van der Waals surface area contributed by atoms with Gasteiger partial charge in [0.05, 0.1) is 16.6 Å². The molecule has 2 aromatic rings. The topological polar surface area (TPSA) is 80.1 Å². The Morgan fingerprint density at radius 3 is 3.08 bits per heavy atom. The number of rotatable bonds is 5. The lowest BCUT2D eigenvalue weighted by Crippen LogP contribution is -2.45. The third-order valence-corrected chi connectivity index (χ3v) is 4.65. The Morgan fingerprint density at radius 1 is 1.50 bits per heavy atom. The third kappa shape index (κ3) is 3.18. The average molecular weight is 343 g/mol. The minimum atomic E-state index is -0.406. The normalized spacial score (nSPS) is 14.7. The second-order valence-electron chi connectivity index (χ2n) is 5.30. The van der Waals surface area contributed by atoms with Gasteiger partial charge in [0.25, 0.3) is 0 Å². The molecule has 0 fully saturated rings. The third-order valence-electron chi connectivity index (χ3n) is 3.57. The number of nitrogens with one attached hydrogen (secondary N) is 1. The first-order valence-corrected chi connectivity index (χ1v) is 8.33. The molecule has 2 amide bonds. The number of fused-ring (bicyclic) bond motifs is 1. The summed E-state index contributed by atoms with van der Waals surface area (Å²) >= 11 is 1.31. The summed E-state index contributed by atoms with van der Waals surface area (Å²) in [6.45, 7) is 6.08. The van der Waals surface area contributed by atoms with Crippen LogP contribution in [0.25, 0.3) is 0 Å². The molecule has 1 aliphatic rings. The fourth-order valence-electron chi connectivity index (χ4n) is 2.46. The molecule has 0 aliphatic carbocycles. The zero-order valence-corrected chi connectivity index (χ0v) is 14.0. The SMILES string of the molecule is C=CCn1cnnc1S[C@@H](C)C(=O)N1CC(=O)Nc2ccccc21. The van der Waals surface area contributed by atoms with E-state index in [1.165, 1.54) is 16.7 Å². The minimum absolute atomic E-state index is 0.0140. The first-order valence-electron chi connectivity index (χ1n) is 7.45. The number of allylic oxidation sites excluding steroid dienone is 1. The van der Waals surface area contributed by atoms with Gasteiger partial charge in [0.15, 0.2) is 5.16 Å². The molecule has 0 unspecified atom stereocenters. The zero-order valence-electron chi connectivity index (χ0n) is 13.2. The van der Waals surface area contributed by atoms with E-state index in [-0.39, 0.29) is 18.4 Å². The first-order chi connectivity index (χ1) is 11.6. The molecule has 0 saturated heterocycles. The van der Waals surface area contributed by atoms with E-state index in [9.17, 15) is 9.59 Å². The van der Waals surface area contributed by atoms with Gasteiger partial charge in [0.2, 0.25) is 11.8 Å². The highest BCUT2D eigenvalue weighted by atomic mass is 32.2. The van der Waals surface area contributed by atoms with Gasteiger partial charge in [-0.25, -0.2) is 0 Å². The van der Waals surface area contributed by atoms with E-state index >= 15 is 0 Å². The van der Waals surface area contributed by atoms with E-state index in [2.05, 4.69) is 22.1 Å². The molecular formula is C16H17N5O2S. The maximum absolute atomic E-state index is 12.8. The van der Waals surface area contributed by atoms with Crippen LogP contribution < -0.4 is 10.2 Å². The quantitative estimate of drug-likeness (QED) is 0.663. The molecule has 0 radical (unpaired) electrons. The lowest BCUT2D eigenvalue weighted by molar-refractivity contribution is -0.121. The number of hydrogen-bond donors (Lipinski definition) is 1. The van der Waals surface area contributed by atoms with E-state index in [1.807, 2.05) is 22.8 Å². The summed E-state index contributed by atoms with van der Waals surface area (Å²) in [7, 11) is 0. The average Bonchev–Trinajstić information content (AvgIpc) is 3.00. The number of benzene rings is 1. The van der Waals surface area contributed by atoms with Crippen molar-refractivity contribution in [3.05, 3.63) is 43.2 Å². The van der Waals surface area contributed by atoms with Crippen molar-refractivity contribution < 1.29 is 9.59 Å². The van der Waals surface area contributed by atoms with E-state index in [0.29, 0.717) is 23.1 Å². The molecule has 1 atom stereocenters. The van der Waals surface area contributed by atoms with Crippen LogP contribution in [-0.4, -0.2) is 38.4 Å². The highest BCUT2D eigenvalue weighted by molar-refractivity contribution is 8.00. The molecule has 1 aromatic carbocycles. The summed E-state index contributed by atoms with van der Waals surface area (Å²) in [5.41, 5.74) is 1.36. The monoisotopic (exact) mass is 343 g/mol. The summed E-state index contributed by atoms with van der Waals surface area (Å²) in [5, 5.41) is 10.9. The van der Waals surface area contributed by atoms with E-state index in [4.69, 9.17) is 0 Å². The number of hydrogen-bond acceptors (Lipinski definition) is 5. The highest BCUT2D eigenvalue weighted by Gasteiger charge is 2.30. The van der Waals surface area contributed by atoms with Crippen molar-refractivity contribution in [2.45, 2.75) is 23.9 Å². The number of amides is 2. The van der Waals surface area contributed by atoms with Gasteiger partial charge in [0.1, 0.15) is 12.9 Å². The van der Waals surface area contributed by atoms with Crippen LogP contribution in [-0.2, 0) is 16.1 Å². The molecule has 7 nitrogen and oxygen atoms in total. The lowest BCUT2D eigenvalue weighted by atomic mass is 10.2. The molecule has 0 spiro atoms. The minimum Gasteiger partial charge on any atom is -0.323 e. The molecule has 1 N–H and O–H groups in total. The smallest absolute Gasteiger partial charge is 0.244 e. The number of carbonyl (C=O) groups is 2. The Hall–Kier alpha value is -2.61. The molecule has 8 heteroatoms. The molecule has 0 bridgehead atoms. The van der Waals surface area contributed by atoms with Gasteiger partial charge in [-0.3, -0.25) is 14.5 Å². The van der Waals surface area contributed by atoms with E-state index in [0.717, 1.165) is 0 Å². The molecular weight excluding hydrogens is 326 g/mol. The van der Waals surface area contributed by atoms with Crippen molar-refractivity contribution in [1.29, 1.82) is 0 Å². The van der Waals surface area contributed by atoms with Crippen LogP contribution in [0, 0.1) is 0 Å². The second-order valence-corrected chi connectivity index (χ2v) is 6.61. The predicted octanol–water partition coefficient (Wildman–Crippen LogP) is 1.93. The van der Waals surface area contributed by atoms with E-state index < -0.39 is 5.25 Å². The molecule has 124 valence electrons. The van der Waals surface area contributed by atoms with Crippen LogP contribution in [0.4, 0.5) is 11.4 Å². The number of carbonyl (C=O) groups excluding carboxylic acids is 2. The van der Waals surface area contributed by atoms with Crippen LogP contribution in [0.3, 0.4) is 0 Å². The predicted molar refractivity (Wildman–Crippen MR) is 93.0 cm³/mol. The molecule has 24 heavy (non-hydrogen) atoms. The molecule has 1 aromatic heterocycles. The summed E-state index contributed by atoms with van der Waals surface area (Å²) in [4.78, 5) is 26.2. The van der Waals surface area contributed by atoms with Gasteiger partial charge >= 0.3 is 0 Å². The largest absolute Gasteiger partial charge is 0.323 e. The second kappa shape index (κ2) is 6.88. The molecule has 0 saturated carbocycles. The van der Waals surface area contributed by atoms with Crippen molar-refractivity contribution >= 4 is 35.0 Å². The molecule has 3 rings (SSSR count). The van der Waals surface area contributed by atoms with Gasteiger partial charge in [-0.05, 0) is 19.1 Å². The number of anilines is 2. The van der Waals surface area contributed by atoms with Crippen LogP contribution in [0.1, 0.15) is 6.92 Å². The van der Waals surface area contributed by atoms with Crippen LogP contribution in [0.15, 0.2) is 48.4 Å². The van der Waals surface area contributed by atoms with Crippen LogP contribution >= 0.6 is 11.8 Å². The van der Waals surface area contributed by atoms with Crippen LogP contribution in [0.5, 0.6) is 0 Å². The summed E-state index contributed by atoms with van der Waals surface area (Å²) in [5.74, 6) is -0.343. The van der Waals surface area contributed by atoms with Crippen molar-refractivity contribution in [2.24, 2.45) is 0 Å². The Kier molecular flexibility index (Phi) is 4.66. The zero-order chi connectivity index (χ0) is 17.1. The van der Waals surface area contributed by atoms with Crippen molar-refractivity contribution in [3.63, 3.8) is 0 Å². The Labute approximate surface area is 143 Å². The maximum atomic E-state index is 12.8. The van der Waals surface area contributed by atoms with E-state index in [1.54, 1.807) is 25.4 Å². The fraction of sp³-hybridized carbons (Fsp3) is 0.250. The Morgan fingerprint density at radius 2 is 2.29 bits per heavy atom. The lowest BCUT2D eigenvalue weighted by Gasteiger charge is -2.30. The number of aromatic nitrogens is 3. The summed E-state index contributed by atoms with van der Waals surface area (Å²) in [6, 6.07) is 7.27. The number of thioether (sulfide) groups is 1. The Balaban J connectivity index is 1.80. The highest BCUT2D eigenvalue weighted by Crippen LogP contribution is 2.31. The van der Waals surface area contributed by atoms with Gasteiger partial charge in [-0.1, -0.05) is 30.0 Å². The van der Waals surface area contributed by atoms with Gasteiger partial charge < -0.3 is 9.88 Å². The molecule has 1 aliphatic heterocycles. The van der Waals surface area contributed by atoms with Crippen molar-refractivity contribution in [3.8, 4) is 0 Å². The van der Waals surface area contributed by atoms with Crippen molar-refractivity contribution in [2.75, 3.05) is 16.8 Å². The standard InChI is InChI=1S/C16H17N5O2S/c1-3-8-20-10-17-19-16(20)24-11(2)15(23)21-9-14(22)18-12-6-4-5-7-13(12)21/h3-7,10-11H,1,8-9H2,2H3,(H,18,22)/t11-/m0/s1. The van der Waals surface area contributed by atoms with Crippen LogP contribution in [0.2, 0.25) is 0 Å². The van der Waals surface area contributed by atoms with Gasteiger partial charge in [0, 0.05) is 6.54 Å². The maximum Gasteiger partial charge on any atom is 0.244 e. The van der Waals surface area contributed by atoms with Crippen molar-refractivity contribution in [1.82, 2.24) is 14.8 Å². The Bertz CT molecular complexity index is 788. The number of nitrogens with zero attached hydrogens (tertiary/aromatic N) is 4.